The van der Waals surface area contributed by atoms with E-state index in [1.165, 1.54) is 27.8 Å². The zero-order chi connectivity index (χ0) is 22.9. The van der Waals surface area contributed by atoms with Crippen LogP contribution in [-0.2, 0) is 33.1 Å². The van der Waals surface area contributed by atoms with Gasteiger partial charge in [-0.3, -0.25) is 4.90 Å². The third kappa shape index (κ3) is 4.75. The lowest BCUT2D eigenvalue weighted by Gasteiger charge is -2.33. The van der Waals surface area contributed by atoms with Gasteiger partial charge in [0.1, 0.15) is 10.0 Å². The first-order chi connectivity index (χ1) is 15.2. The highest BCUT2D eigenvalue weighted by atomic mass is 32.2. The number of rotatable bonds is 8. The number of nitrogens with two attached hydrogens (primary N) is 1. The molecule has 0 unspecified atom stereocenters. The van der Waals surface area contributed by atoms with Crippen LogP contribution in [0.2, 0.25) is 0 Å². The fraction of sp³-hybridized carbons (Fsp3) is 0.450. The van der Waals surface area contributed by atoms with Crippen LogP contribution in [0.25, 0.3) is 11.0 Å². The Hall–Kier alpha value is -1.83. The van der Waals surface area contributed by atoms with Crippen molar-refractivity contribution >= 4 is 42.4 Å². The summed E-state index contributed by atoms with van der Waals surface area (Å²) in [5, 5.41) is 7.05. The number of hydrogen-bond donors (Lipinski definition) is 1. The zero-order valence-electron chi connectivity index (χ0n) is 17.8. The van der Waals surface area contributed by atoms with Crippen LogP contribution in [0.3, 0.4) is 0 Å². The average molecular weight is 498 g/mol. The molecular formula is C20H27N5O4S3. The lowest BCUT2D eigenvalue weighted by atomic mass is 10.3. The molecule has 12 heteroatoms. The number of aromatic nitrogens is 2. The molecule has 1 aliphatic heterocycles. The third-order valence-electron chi connectivity index (χ3n) is 5.65. The summed E-state index contributed by atoms with van der Waals surface area (Å²) < 4.78 is 53.0. The van der Waals surface area contributed by atoms with Gasteiger partial charge in [-0.1, -0.05) is 19.4 Å². The Morgan fingerprint density at radius 3 is 2.47 bits per heavy atom. The molecule has 1 fully saturated rings. The number of benzene rings is 1. The van der Waals surface area contributed by atoms with E-state index < -0.39 is 20.0 Å². The average Bonchev–Trinajstić information content (AvgIpc) is 3.40. The van der Waals surface area contributed by atoms with Gasteiger partial charge in [0.2, 0.25) is 10.0 Å². The van der Waals surface area contributed by atoms with Crippen molar-refractivity contribution in [3.05, 3.63) is 41.5 Å². The highest BCUT2D eigenvalue weighted by Gasteiger charge is 2.29. The highest BCUT2D eigenvalue weighted by molar-refractivity contribution is 7.91. The molecule has 0 spiro atoms. The predicted molar refractivity (Wildman–Crippen MR) is 124 cm³/mol. The van der Waals surface area contributed by atoms with Gasteiger partial charge in [0.05, 0.1) is 22.5 Å². The van der Waals surface area contributed by atoms with E-state index in [0.717, 1.165) is 30.7 Å². The minimum absolute atomic E-state index is 0.0455. The first-order valence-electron chi connectivity index (χ1n) is 10.5. The van der Waals surface area contributed by atoms with Crippen molar-refractivity contribution in [2.75, 3.05) is 26.2 Å². The van der Waals surface area contributed by atoms with E-state index in [2.05, 4.69) is 16.4 Å². The summed E-state index contributed by atoms with van der Waals surface area (Å²) in [5.41, 5.74) is 1.47. The Morgan fingerprint density at radius 1 is 1.09 bits per heavy atom. The SMILES string of the molecule is CCCCn1c(CN2CCN(S(=O)(=O)c3cccs3)CC2)nc2cc(S(N)(=O)=O)ccc21. The minimum Gasteiger partial charge on any atom is -0.327 e. The van der Waals surface area contributed by atoms with Crippen LogP contribution in [0.15, 0.2) is 44.8 Å². The molecule has 2 N–H and O–H groups in total. The van der Waals surface area contributed by atoms with Crippen molar-refractivity contribution in [2.24, 2.45) is 5.14 Å². The molecule has 3 heterocycles. The number of hydrogen-bond acceptors (Lipinski definition) is 7. The highest BCUT2D eigenvalue weighted by Crippen LogP contribution is 2.24. The van der Waals surface area contributed by atoms with Gasteiger partial charge in [0, 0.05) is 32.7 Å². The van der Waals surface area contributed by atoms with Gasteiger partial charge >= 0.3 is 0 Å². The van der Waals surface area contributed by atoms with Crippen LogP contribution in [0.4, 0.5) is 0 Å². The number of piperazine rings is 1. The van der Waals surface area contributed by atoms with E-state index in [9.17, 15) is 16.8 Å². The second kappa shape index (κ2) is 9.20. The van der Waals surface area contributed by atoms with Gasteiger partial charge in [0.15, 0.2) is 0 Å². The molecule has 1 aromatic carbocycles. The molecule has 0 aliphatic carbocycles. The fourth-order valence-electron chi connectivity index (χ4n) is 3.89. The maximum Gasteiger partial charge on any atom is 0.252 e. The molecule has 174 valence electrons. The summed E-state index contributed by atoms with van der Waals surface area (Å²) in [4.78, 5) is 6.94. The van der Waals surface area contributed by atoms with Crippen LogP contribution < -0.4 is 5.14 Å². The van der Waals surface area contributed by atoms with E-state index in [-0.39, 0.29) is 4.90 Å². The summed E-state index contributed by atoms with van der Waals surface area (Å²) in [6.07, 6.45) is 2.00. The Labute approximate surface area is 192 Å². The van der Waals surface area contributed by atoms with Gasteiger partial charge < -0.3 is 4.57 Å². The van der Waals surface area contributed by atoms with Crippen LogP contribution in [-0.4, -0.2) is 61.8 Å². The first kappa shape index (κ1) is 23.3. The van der Waals surface area contributed by atoms with Crippen molar-refractivity contribution in [3.63, 3.8) is 0 Å². The topological polar surface area (TPSA) is 119 Å². The van der Waals surface area contributed by atoms with Crippen LogP contribution in [0.1, 0.15) is 25.6 Å². The van der Waals surface area contributed by atoms with E-state index in [4.69, 9.17) is 10.1 Å². The smallest absolute Gasteiger partial charge is 0.252 e. The minimum atomic E-state index is -3.80. The van der Waals surface area contributed by atoms with Crippen molar-refractivity contribution < 1.29 is 16.8 Å². The molecule has 1 saturated heterocycles. The van der Waals surface area contributed by atoms with Gasteiger partial charge in [-0.05, 0) is 36.1 Å². The molecule has 9 nitrogen and oxygen atoms in total. The first-order valence-corrected chi connectivity index (χ1v) is 14.3. The maximum atomic E-state index is 12.8. The second-order valence-electron chi connectivity index (χ2n) is 7.84. The van der Waals surface area contributed by atoms with E-state index in [1.54, 1.807) is 23.6 Å². The largest absolute Gasteiger partial charge is 0.327 e. The Morgan fingerprint density at radius 2 is 1.84 bits per heavy atom. The van der Waals surface area contributed by atoms with Crippen LogP contribution >= 0.6 is 11.3 Å². The quantitative estimate of drug-likeness (QED) is 0.509. The number of aryl methyl sites for hydroxylation is 1. The summed E-state index contributed by atoms with van der Waals surface area (Å²) in [5.74, 6) is 0.842. The number of thiophene rings is 1. The zero-order valence-corrected chi connectivity index (χ0v) is 20.3. The lowest BCUT2D eigenvalue weighted by Crippen LogP contribution is -2.48. The Kier molecular flexibility index (Phi) is 6.71. The number of unbranched alkanes of at least 4 members (excludes halogenated alkanes) is 1. The predicted octanol–water partition coefficient (Wildman–Crippen LogP) is 2.05. The van der Waals surface area contributed by atoms with Gasteiger partial charge in [-0.2, -0.15) is 4.31 Å². The molecule has 2 aromatic heterocycles. The fourth-order valence-corrected chi connectivity index (χ4v) is 6.99. The van der Waals surface area contributed by atoms with Gasteiger partial charge in [0.25, 0.3) is 10.0 Å². The summed E-state index contributed by atoms with van der Waals surface area (Å²) in [7, 11) is -7.24. The Bertz CT molecular complexity index is 1290. The van der Waals surface area contributed by atoms with E-state index >= 15 is 0 Å². The summed E-state index contributed by atoms with van der Waals surface area (Å²) in [6, 6.07) is 8.17. The number of nitrogens with zero attached hydrogens (tertiary/aromatic N) is 4. The molecule has 0 atom stereocenters. The molecule has 0 bridgehead atoms. The monoisotopic (exact) mass is 497 g/mol. The normalized spacial score (nSPS) is 16.7. The molecule has 0 amide bonds. The maximum absolute atomic E-state index is 12.8. The molecule has 0 radical (unpaired) electrons. The number of imidazole rings is 1. The Balaban J connectivity index is 1.53. The second-order valence-corrected chi connectivity index (χ2v) is 12.5. The molecule has 3 aromatic rings. The van der Waals surface area contributed by atoms with Crippen molar-refractivity contribution in [1.82, 2.24) is 18.8 Å². The number of sulfonamides is 2. The molecule has 32 heavy (non-hydrogen) atoms. The van der Waals surface area contributed by atoms with Crippen molar-refractivity contribution in [1.29, 1.82) is 0 Å². The third-order valence-corrected chi connectivity index (χ3v) is 9.83. The van der Waals surface area contributed by atoms with Crippen molar-refractivity contribution in [2.45, 2.75) is 42.0 Å². The number of primary sulfonamides is 1. The summed E-state index contributed by atoms with van der Waals surface area (Å²) >= 11 is 1.23. The van der Waals surface area contributed by atoms with Crippen LogP contribution in [0.5, 0.6) is 0 Å². The standard InChI is InChI=1S/C20H27N5O4S3/c1-2-3-8-25-18-7-6-16(31(21,26)27)14-17(18)22-19(25)15-23-9-11-24(12-10-23)32(28,29)20-5-4-13-30-20/h4-7,13-14H,2-3,8-12,15H2,1H3,(H2,21,26,27). The lowest BCUT2D eigenvalue weighted by molar-refractivity contribution is 0.176. The van der Waals surface area contributed by atoms with Crippen molar-refractivity contribution in [3.8, 4) is 0 Å². The number of fused-ring (bicyclic) bond motifs is 1. The summed E-state index contributed by atoms with van der Waals surface area (Å²) in [6.45, 7) is 5.51. The van der Waals surface area contributed by atoms with E-state index in [1.807, 2.05) is 0 Å². The molecule has 1 aliphatic rings. The molecule has 0 saturated carbocycles. The van der Waals surface area contributed by atoms with E-state index in [0.29, 0.717) is 42.4 Å². The van der Waals surface area contributed by atoms with Gasteiger partial charge in [-0.25, -0.2) is 27.0 Å². The van der Waals surface area contributed by atoms with Crippen LogP contribution in [0, 0.1) is 0 Å². The molecule has 4 rings (SSSR count). The molecular weight excluding hydrogens is 470 g/mol. The van der Waals surface area contributed by atoms with Gasteiger partial charge in [-0.15, -0.1) is 11.3 Å².